The molecule has 34 heavy (non-hydrogen) atoms. The normalized spacial score (nSPS) is 17.2. The van der Waals surface area contributed by atoms with Crippen molar-refractivity contribution in [3.8, 4) is 5.69 Å². The molecule has 0 saturated carbocycles. The Bertz CT molecular complexity index is 1350. The second-order valence-electron chi connectivity index (χ2n) is 8.67. The lowest BCUT2D eigenvalue weighted by Crippen LogP contribution is -2.42. The van der Waals surface area contributed by atoms with E-state index in [1.807, 2.05) is 50.2 Å². The highest BCUT2D eigenvalue weighted by Crippen LogP contribution is 2.24. The molecule has 3 aromatic rings. The number of aromatic nitrogens is 2. The van der Waals surface area contributed by atoms with Gasteiger partial charge in [0.2, 0.25) is 5.91 Å². The summed E-state index contributed by atoms with van der Waals surface area (Å²) in [5, 5.41) is 0.954. The molecule has 4 rings (SSSR count). The Morgan fingerprint density at radius 2 is 1.91 bits per heavy atom. The average molecular weight is 500 g/mol. The minimum Gasteiger partial charge on any atom is -0.338 e. The van der Waals surface area contributed by atoms with Crippen molar-refractivity contribution in [1.82, 2.24) is 14.5 Å². The Hall–Kier alpha value is -2.65. The molecule has 0 radical (unpaired) electrons. The van der Waals surface area contributed by atoms with E-state index in [0.29, 0.717) is 34.7 Å². The Kier molecular flexibility index (Phi) is 7.42. The van der Waals surface area contributed by atoms with E-state index in [2.05, 4.69) is 0 Å². The Morgan fingerprint density at radius 1 is 1.18 bits per heavy atom. The van der Waals surface area contributed by atoms with Gasteiger partial charge in [0.1, 0.15) is 0 Å². The van der Waals surface area contributed by atoms with Crippen molar-refractivity contribution < 1.29 is 13.2 Å². The zero-order chi connectivity index (χ0) is 24.3. The minimum atomic E-state index is -3.10. The fraction of sp³-hybridized carbons (Fsp3) is 0.400. The summed E-state index contributed by atoms with van der Waals surface area (Å²) in [6.45, 7) is 4.56. The number of fused-ring (bicyclic) bond motifs is 1. The summed E-state index contributed by atoms with van der Waals surface area (Å²) in [5.74, 6) is 0.102. The first-order valence-corrected chi connectivity index (χ1v) is 14.3. The van der Waals surface area contributed by atoms with Gasteiger partial charge >= 0.3 is 0 Å². The van der Waals surface area contributed by atoms with E-state index in [1.54, 1.807) is 21.6 Å². The number of thioether (sulfide) groups is 1. The number of unbranched alkanes of at least 4 members (excludes halogenated alkanes) is 1. The van der Waals surface area contributed by atoms with Gasteiger partial charge in [0.05, 0.1) is 33.8 Å². The topological polar surface area (TPSA) is 89.3 Å². The summed E-state index contributed by atoms with van der Waals surface area (Å²) in [6, 6.07) is 14.5. The number of hydrogen-bond donors (Lipinski definition) is 0. The smallest absolute Gasteiger partial charge is 0.266 e. The van der Waals surface area contributed by atoms with Crippen molar-refractivity contribution in [2.45, 2.75) is 44.3 Å². The van der Waals surface area contributed by atoms with E-state index < -0.39 is 9.84 Å². The molecular formula is C25H29N3O4S2. The predicted octanol–water partition coefficient (Wildman–Crippen LogP) is 3.60. The quantitative estimate of drug-likeness (QED) is 0.348. The Balaban J connectivity index is 1.65. The molecular weight excluding hydrogens is 470 g/mol. The van der Waals surface area contributed by atoms with Crippen LogP contribution in [0.5, 0.6) is 0 Å². The minimum absolute atomic E-state index is 0.0232. The maximum absolute atomic E-state index is 13.4. The number of aryl methyl sites for hydroxylation is 1. The summed E-state index contributed by atoms with van der Waals surface area (Å²) < 4.78 is 25.6. The molecule has 2 heterocycles. The molecule has 1 unspecified atom stereocenters. The maximum Gasteiger partial charge on any atom is 0.266 e. The van der Waals surface area contributed by atoms with Crippen molar-refractivity contribution in [1.29, 1.82) is 0 Å². The molecule has 1 atom stereocenters. The molecule has 1 saturated heterocycles. The summed E-state index contributed by atoms with van der Waals surface area (Å²) in [7, 11) is -3.10. The second-order valence-corrected chi connectivity index (χ2v) is 11.8. The Morgan fingerprint density at radius 3 is 2.59 bits per heavy atom. The lowest BCUT2D eigenvalue weighted by atomic mass is 10.2. The van der Waals surface area contributed by atoms with Crippen LogP contribution in [0.1, 0.15) is 31.7 Å². The largest absolute Gasteiger partial charge is 0.338 e. The van der Waals surface area contributed by atoms with Gasteiger partial charge in [-0.1, -0.05) is 54.9 Å². The second kappa shape index (κ2) is 10.3. The zero-order valence-electron chi connectivity index (χ0n) is 19.4. The van der Waals surface area contributed by atoms with Gasteiger partial charge in [0.15, 0.2) is 15.0 Å². The van der Waals surface area contributed by atoms with Gasteiger partial charge in [-0.25, -0.2) is 13.4 Å². The van der Waals surface area contributed by atoms with Crippen molar-refractivity contribution in [3.05, 3.63) is 64.4 Å². The SMILES string of the molecule is CCCCN(C(=O)CSc1nc2ccccc2c(=O)n1-c1ccc(C)cc1)C1CCS(=O)(=O)C1. The molecule has 180 valence electrons. The molecule has 1 aliphatic rings. The van der Waals surface area contributed by atoms with Gasteiger partial charge in [-0.05, 0) is 44.0 Å². The third kappa shape index (κ3) is 5.36. The molecule has 0 bridgehead atoms. The molecule has 2 aromatic carbocycles. The van der Waals surface area contributed by atoms with E-state index in [4.69, 9.17) is 4.98 Å². The van der Waals surface area contributed by atoms with Crippen LogP contribution in [0.3, 0.4) is 0 Å². The predicted molar refractivity (Wildman–Crippen MR) is 136 cm³/mol. The van der Waals surface area contributed by atoms with Gasteiger partial charge in [0.25, 0.3) is 5.56 Å². The van der Waals surface area contributed by atoms with Gasteiger partial charge in [0, 0.05) is 12.6 Å². The van der Waals surface area contributed by atoms with Crippen LogP contribution in [0.25, 0.3) is 16.6 Å². The number of benzene rings is 2. The van der Waals surface area contributed by atoms with E-state index in [9.17, 15) is 18.0 Å². The average Bonchev–Trinajstić information content (AvgIpc) is 3.18. The molecule has 1 fully saturated rings. The lowest BCUT2D eigenvalue weighted by Gasteiger charge is -2.28. The fourth-order valence-electron chi connectivity index (χ4n) is 4.20. The van der Waals surface area contributed by atoms with Crippen molar-refractivity contribution in [2.24, 2.45) is 0 Å². The number of hydrogen-bond acceptors (Lipinski definition) is 6. The van der Waals surface area contributed by atoms with Gasteiger partial charge < -0.3 is 4.90 Å². The zero-order valence-corrected chi connectivity index (χ0v) is 21.1. The van der Waals surface area contributed by atoms with Crippen LogP contribution in [0.4, 0.5) is 0 Å². The van der Waals surface area contributed by atoms with Crippen LogP contribution in [0.15, 0.2) is 58.5 Å². The number of carbonyl (C=O) groups is 1. The highest BCUT2D eigenvalue weighted by molar-refractivity contribution is 7.99. The monoisotopic (exact) mass is 499 g/mol. The number of amides is 1. The summed E-state index contributed by atoms with van der Waals surface area (Å²) in [5.41, 5.74) is 2.16. The maximum atomic E-state index is 13.4. The summed E-state index contributed by atoms with van der Waals surface area (Å²) in [4.78, 5) is 33.1. The van der Waals surface area contributed by atoms with Crippen LogP contribution < -0.4 is 5.56 Å². The van der Waals surface area contributed by atoms with Crippen molar-refractivity contribution in [3.63, 3.8) is 0 Å². The highest BCUT2D eigenvalue weighted by atomic mass is 32.2. The van der Waals surface area contributed by atoms with Gasteiger partial charge in [-0.3, -0.25) is 14.2 Å². The van der Waals surface area contributed by atoms with E-state index in [1.165, 1.54) is 11.8 Å². The van der Waals surface area contributed by atoms with E-state index >= 15 is 0 Å². The van der Waals surface area contributed by atoms with Crippen LogP contribution in [0, 0.1) is 6.92 Å². The highest BCUT2D eigenvalue weighted by Gasteiger charge is 2.34. The molecule has 7 nitrogen and oxygen atoms in total. The number of para-hydroxylation sites is 1. The first kappa shape index (κ1) is 24.5. The molecule has 1 amide bonds. The van der Waals surface area contributed by atoms with Crippen LogP contribution >= 0.6 is 11.8 Å². The lowest BCUT2D eigenvalue weighted by molar-refractivity contribution is -0.130. The molecule has 1 aliphatic heterocycles. The third-order valence-corrected chi connectivity index (χ3v) is 8.76. The van der Waals surface area contributed by atoms with Crippen molar-refractivity contribution >= 4 is 38.4 Å². The first-order valence-electron chi connectivity index (χ1n) is 11.5. The molecule has 0 aliphatic carbocycles. The molecule has 1 aromatic heterocycles. The van der Waals surface area contributed by atoms with Crippen LogP contribution in [-0.4, -0.2) is 58.6 Å². The fourth-order valence-corrected chi connectivity index (χ4v) is 6.83. The molecule has 0 spiro atoms. The van der Waals surface area contributed by atoms with Crippen molar-refractivity contribution in [2.75, 3.05) is 23.8 Å². The van der Waals surface area contributed by atoms with Crippen LogP contribution in [0.2, 0.25) is 0 Å². The van der Waals surface area contributed by atoms with Crippen LogP contribution in [-0.2, 0) is 14.6 Å². The van der Waals surface area contributed by atoms with Gasteiger partial charge in [-0.15, -0.1) is 0 Å². The number of carbonyl (C=O) groups excluding carboxylic acids is 1. The number of sulfone groups is 1. The summed E-state index contributed by atoms with van der Waals surface area (Å²) >= 11 is 1.21. The number of nitrogens with zero attached hydrogens (tertiary/aromatic N) is 3. The molecule has 0 N–H and O–H groups in total. The number of rotatable bonds is 8. The first-order chi connectivity index (χ1) is 16.3. The standard InChI is InChI=1S/C25H29N3O4S2/c1-3-4-14-27(20-13-15-34(31,32)17-20)23(29)16-33-25-26-22-8-6-5-7-21(22)24(30)28(25)19-11-9-18(2)10-12-19/h5-12,20H,3-4,13-17H2,1-2H3. The Labute approximate surface area is 204 Å². The summed E-state index contributed by atoms with van der Waals surface area (Å²) in [6.07, 6.45) is 2.20. The molecule has 9 heteroatoms. The van der Waals surface area contributed by atoms with Gasteiger partial charge in [-0.2, -0.15) is 0 Å². The van der Waals surface area contributed by atoms with E-state index in [-0.39, 0.29) is 34.8 Å². The third-order valence-electron chi connectivity index (χ3n) is 6.08. The van der Waals surface area contributed by atoms with E-state index in [0.717, 1.165) is 18.4 Å².